The molecule has 7 nitrogen and oxygen atoms in total. The van der Waals surface area contributed by atoms with Gasteiger partial charge in [0.25, 0.3) is 0 Å². The fraction of sp³-hybridized carbons (Fsp3) is 0. The van der Waals surface area contributed by atoms with Crippen molar-refractivity contribution in [2.45, 2.75) is 0 Å². The molecule has 10 aromatic carbocycles. The van der Waals surface area contributed by atoms with Gasteiger partial charge in [0.05, 0.1) is 0 Å². The zero-order chi connectivity index (χ0) is 45.2. The van der Waals surface area contributed by atoms with Gasteiger partial charge in [-0.25, -0.2) is 0 Å². The molecule has 0 heterocycles. The molecule has 324 valence electrons. The minimum Gasteiger partial charge on any atom is -0.399 e. The third-order valence-corrected chi connectivity index (χ3v) is 11.5. The Bertz CT molecular complexity index is 2840. The molecule has 0 aromatic heterocycles. The highest BCUT2D eigenvalue weighted by Crippen LogP contribution is 2.39. The van der Waals surface area contributed by atoms with E-state index in [9.17, 15) is 0 Å². The summed E-state index contributed by atoms with van der Waals surface area (Å²) in [5, 5.41) is 10.7. The molecule has 10 aromatic rings. The van der Waals surface area contributed by atoms with Crippen LogP contribution in [0.3, 0.4) is 0 Å². The molecule has 0 bridgehead atoms. The zero-order valence-electron chi connectivity index (χ0n) is 36.8. The fourth-order valence-corrected chi connectivity index (χ4v) is 8.19. The number of hydrogen-bond acceptors (Lipinski definition) is 7. The van der Waals surface area contributed by atoms with Crippen LogP contribution in [0.25, 0.3) is 0 Å². The highest BCUT2D eigenvalue weighted by atomic mass is 15.2. The van der Waals surface area contributed by atoms with Gasteiger partial charge in [0.1, 0.15) is 0 Å². The van der Waals surface area contributed by atoms with Crippen LogP contribution in [0.2, 0.25) is 0 Å². The predicted molar refractivity (Wildman–Crippen MR) is 284 cm³/mol. The van der Waals surface area contributed by atoms with Crippen molar-refractivity contribution in [2.75, 3.05) is 36.4 Å². The Balaban J connectivity index is 0.886. The molecule has 7 heteroatoms. The van der Waals surface area contributed by atoms with Gasteiger partial charge in [-0.3, -0.25) is 0 Å². The molecule has 0 aliphatic carbocycles. The molecule has 0 aliphatic heterocycles. The van der Waals surface area contributed by atoms with E-state index in [4.69, 9.17) is 5.73 Å². The van der Waals surface area contributed by atoms with Crippen molar-refractivity contribution < 1.29 is 0 Å². The highest BCUT2D eigenvalue weighted by Gasteiger charge is 2.16. The fourth-order valence-electron chi connectivity index (χ4n) is 8.19. The number of anilines is 16. The Morgan fingerprint density at radius 3 is 0.552 bits per heavy atom. The van der Waals surface area contributed by atoms with Gasteiger partial charge in [-0.2, -0.15) is 0 Å². The second-order valence-corrected chi connectivity index (χ2v) is 16.1. The lowest BCUT2D eigenvalue weighted by molar-refractivity contribution is 1.28. The van der Waals surface area contributed by atoms with E-state index in [0.29, 0.717) is 0 Å². The van der Waals surface area contributed by atoms with Crippen LogP contribution >= 0.6 is 0 Å². The van der Waals surface area contributed by atoms with E-state index < -0.39 is 0 Å². The highest BCUT2D eigenvalue weighted by molar-refractivity contribution is 5.82. The Hall–Kier alpha value is -9.20. The molecule has 0 saturated heterocycles. The molecular formula is C60H49N7. The van der Waals surface area contributed by atoms with Gasteiger partial charge in [0.2, 0.25) is 0 Å². The maximum atomic E-state index is 5.94. The number of nitrogen functional groups attached to an aromatic ring is 1. The molecule has 0 radical (unpaired) electrons. The van der Waals surface area contributed by atoms with E-state index in [-0.39, 0.29) is 0 Å². The molecule has 10 rings (SSSR count). The second kappa shape index (κ2) is 19.7. The number of rotatable bonds is 15. The van der Waals surface area contributed by atoms with Gasteiger partial charge in [-0.05, 0) is 194 Å². The van der Waals surface area contributed by atoms with Crippen molar-refractivity contribution in [3.63, 3.8) is 0 Å². The average Bonchev–Trinajstić information content (AvgIpc) is 3.39. The van der Waals surface area contributed by atoms with Crippen molar-refractivity contribution in [3.05, 3.63) is 267 Å². The van der Waals surface area contributed by atoms with E-state index >= 15 is 0 Å². The van der Waals surface area contributed by atoms with E-state index in [1.54, 1.807) is 0 Å². The van der Waals surface area contributed by atoms with Gasteiger partial charge in [0, 0.05) is 91.0 Å². The third kappa shape index (κ3) is 9.97. The van der Waals surface area contributed by atoms with Crippen molar-refractivity contribution in [3.8, 4) is 0 Å². The van der Waals surface area contributed by atoms with E-state index in [1.807, 2.05) is 48.5 Å². The van der Waals surface area contributed by atoms with Crippen LogP contribution in [0.1, 0.15) is 0 Å². The van der Waals surface area contributed by atoms with Gasteiger partial charge in [-0.1, -0.05) is 72.8 Å². The number of nitrogens with zero attached hydrogens (tertiary/aromatic N) is 3. The summed E-state index contributed by atoms with van der Waals surface area (Å²) in [6, 6.07) is 92.4. The summed E-state index contributed by atoms with van der Waals surface area (Å²) in [5.74, 6) is 0. The first-order chi connectivity index (χ1) is 33.1. The van der Waals surface area contributed by atoms with Crippen LogP contribution in [0.5, 0.6) is 0 Å². The van der Waals surface area contributed by atoms with Gasteiger partial charge in [0.15, 0.2) is 0 Å². The van der Waals surface area contributed by atoms with Crippen molar-refractivity contribution >= 4 is 91.0 Å². The summed E-state index contributed by atoms with van der Waals surface area (Å²) in [7, 11) is 0. The van der Waals surface area contributed by atoms with Crippen LogP contribution in [0, 0.1) is 0 Å². The van der Waals surface area contributed by atoms with Crippen LogP contribution in [-0.4, -0.2) is 0 Å². The predicted octanol–water partition coefficient (Wildman–Crippen LogP) is 16.9. The molecule has 0 saturated carbocycles. The molecule has 0 amide bonds. The Kier molecular flexibility index (Phi) is 12.3. The lowest BCUT2D eigenvalue weighted by Gasteiger charge is -2.26. The van der Waals surface area contributed by atoms with E-state index in [2.05, 4.69) is 249 Å². The zero-order valence-corrected chi connectivity index (χ0v) is 36.8. The summed E-state index contributed by atoms with van der Waals surface area (Å²) >= 11 is 0. The van der Waals surface area contributed by atoms with Crippen molar-refractivity contribution in [1.29, 1.82) is 0 Å². The molecule has 0 unspecified atom stereocenters. The first-order valence-corrected chi connectivity index (χ1v) is 22.4. The van der Waals surface area contributed by atoms with Gasteiger partial charge < -0.3 is 36.4 Å². The summed E-state index contributed by atoms with van der Waals surface area (Å²) in [6.45, 7) is 0. The minimum atomic E-state index is 0.734. The minimum absolute atomic E-state index is 0.734. The summed E-state index contributed by atoms with van der Waals surface area (Å²) < 4.78 is 0. The maximum absolute atomic E-state index is 5.94. The van der Waals surface area contributed by atoms with Crippen molar-refractivity contribution in [1.82, 2.24) is 0 Å². The number of benzene rings is 10. The standard InChI is InChI=1S/C60H49N7/c61-45-21-23-46(24-22-45)62-47-29-39-58(40-30-47)67(59-41-31-50(32-42-59)63-48-25-35-56(36-26-48)65(52-13-5-1-6-14-52)53-15-7-2-8-16-53)60-43-33-51(34-44-60)64-49-27-37-57(38-28-49)66(54-17-9-3-10-18-54)55-19-11-4-12-20-55/h1-44,62-64H,61H2. The van der Waals surface area contributed by atoms with Crippen LogP contribution in [-0.2, 0) is 0 Å². The molecule has 0 spiro atoms. The smallest absolute Gasteiger partial charge is 0.0463 e. The third-order valence-electron chi connectivity index (χ3n) is 11.5. The number of hydrogen-bond donors (Lipinski definition) is 4. The normalized spacial score (nSPS) is 10.7. The summed E-state index contributed by atoms with van der Waals surface area (Å²) in [4.78, 5) is 6.80. The first kappa shape index (κ1) is 41.8. The topological polar surface area (TPSA) is 71.8 Å². The largest absolute Gasteiger partial charge is 0.399 e. The van der Waals surface area contributed by atoms with E-state index in [1.165, 1.54) is 0 Å². The SMILES string of the molecule is Nc1ccc(Nc2ccc(N(c3ccc(Nc4ccc(N(c5ccccc5)c5ccccc5)cc4)cc3)c3ccc(Nc4ccc(N(c5ccccc5)c5ccccc5)cc4)cc3)cc2)cc1. The quantitative estimate of drug-likeness (QED) is 0.0765. The molecule has 0 fully saturated rings. The molecule has 0 atom stereocenters. The Labute approximate surface area is 392 Å². The van der Waals surface area contributed by atoms with Gasteiger partial charge in [-0.15, -0.1) is 0 Å². The number of para-hydroxylation sites is 4. The molecule has 67 heavy (non-hydrogen) atoms. The lowest BCUT2D eigenvalue weighted by atomic mass is 10.1. The number of nitrogens with one attached hydrogen (secondary N) is 3. The van der Waals surface area contributed by atoms with E-state index in [0.717, 1.165) is 91.0 Å². The monoisotopic (exact) mass is 867 g/mol. The van der Waals surface area contributed by atoms with Crippen LogP contribution in [0.4, 0.5) is 91.0 Å². The van der Waals surface area contributed by atoms with Gasteiger partial charge >= 0.3 is 0 Å². The lowest BCUT2D eigenvalue weighted by Crippen LogP contribution is -2.10. The molecular weight excluding hydrogens is 819 g/mol. The maximum Gasteiger partial charge on any atom is 0.0463 e. The average molecular weight is 868 g/mol. The van der Waals surface area contributed by atoms with Crippen LogP contribution < -0.4 is 36.4 Å². The Morgan fingerprint density at radius 1 is 0.194 bits per heavy atom. The summed E-state index contributed by atoms with van der Waals surface area (Å²) in [6.07, 6.45) is 0. The van der Waals surface area contributed by atoms with Crippen LogP contribution in [0.15, 0.2) is 267 Å². The first-order valence-electron chi connectivity index (χ1n) is 22.4. The second-order valence-electron chi connectivity index (χ2n) is 16.1. The Morgan fingerprint density at radius 2 is 0.358 bits per heavy atom. The molecule has 0 aliphatic rings. The van der Waals surface area contributed by atoms with Crippen molar-refractivity contribution in [2.24, 2.45) is 0 Å². The number of nitrogens with two attached hydrogens (primary N) is 1. The summed E-state index contributed by atoms with van der Waals surface area (Å²) in [5.41, 5.74) is 22.3. The molecule has 5 N–H and O–H groups in total.